The standard InChI is InChI=1S/C14H13F3N2O2/c15-14(16,17)12-5-4-10(7-18)13(19-12)21-11-3-1-2-9(6-11)8-20/h1-6,20H,7-8,18H2. The minimum atomic E-state index is -4.56. The van der Waals surface area contributed by atoms with Gasteiger partial charge in [0.15, 0.2) is 0 Å². The van der Waals surface area contributed by atoms with Crippen molar-refractivity contribution in [3.05, 3.63) is 53.2 Å². The molecule has 0 bridgehead atoms. The van der Waals surface area contributed by atoms with E-state index in [1.165, 1.54) is 12.1 Å². The third-order valence-corrected chi connectivity index (χ3v) is 2.74. The summed E-state index contributed by atoms with van der Waals surface area (Å²) < 4.78 is 43.4. The van der Waals surface area contributed by atoms with Gasteiger partial charge in [0.05, 0.1) is 6.61 Å². The van der Waals surface area contributed by atoms with Gasteiger partial charge in [-0.3, -0.25) is 0 Å². The number of alkyl halides is 3. The fraction of sp³-hybridized carbons (Fsp3) is 0.214. The highest BCUT2D eigenvalue weighted by molar-refractivity contribution is 5.36. The van der Waals surface area contributed by atoms with Crippen molar-refractivity contribution in [3.8, 4) is 11.6 Å². The van der Waals surface area contributed by atoms with E-state index in [0.29, 0.717) is 11.1 Å². The van der Waals surface area contributed by atoms with E-state index < -0.39 is 11.9 Å². The Morgan fingerprint density at radius 2 is 1.95 bits per heavy atom. The van der Waals surface area contributed by atoms with Crippen LogP contribution in [0.5, 0.6) is 11.6 Å². The normalized spacial score (nSPS) is 11.5. The van der Waals surface area contributed by atoms with Crippen LogP contribution in [0.4, 0.5) is 13.2 Å². The molecule has 1 aromatic heterocycles. The number of nitrogens with zero attached hydrogens (tertiary/aromatic N) is 1. The first-order chi connectivity index (χ1) is 9.94. The van der Waals surface area contributed by atoms with Gasteiger partial charge in [0.2, 0.25) is 5.88 Å². The topological polar surface area (TPSA) is 68.4 Å². The number of nitrogens with two attached hydrogens (primary N) is 1. The SMILES string of the molecule is NCc1ccc(C(F)(F)F)nc1Oc1cccc(CO)c1. The third kappa shape index (κ3) is 3.71. The van der Waals surface area contributed by atoms with Crippen LogP contribution >= 0.6 is 0 Å². The van der Waals surface area contributed by atoms with Gasteiger partial charge in [-0.1, -0.05) is 18.2 Å². The molecule has 112 valence electrons. The summed E-state index contributed by atoms with van der Waals surface area (Å²) in [7, 11) is 0. The summed E-state index contributed by atoms with van der Waals surface area (Å²) in [6, 6.07) is 8.46. The van der Waals surface area contributed by atoms with E-state index in [0.717, 1.165) is 6.07 Å². The van der Waals surface area contributed by atoms with Gasteiger partial charge in [0.1, 0.15) is 11.4 Å². The van der Waals surface area contributed by atoms with Crippen molar-refractivity contribution in [3.63, 3.8) is 0 Å². The Bertz CT molecular complexity index is 630. The number of rotatable bonds is 4. The summed E-state index contributed by atoms with van der Waals surface area (Å²) in [5.74, 6) is 0.0884. The molecule has 4 nitrogen and oxygen atoms in total. The second-order valence-electron chi connectivity index (χ2n) is 4.27. The van der Waals surface area contributed by atoms with Crippen molar-refractivity contribution in [1.29, 1.82) is 0 Å². The maximum absolute atomic E-state index is 12.7. The molecule has 1 heterocycles. The molecule has 0 aliphatic rings. The molecule has 7 heteroatoms. The summed E-state index contributed by atoms with van der Waals surface area (Å²) in [5, 5.41) is 9.04. The first-order valence-electron chi connectivity index (χ1n) is 6.09. The van der Waals surface area contributed by atoms with Gasteiger partial charge in [-0.05, 0) is 23.8 Å². The maximum atomic E-state index is 12.7. The molecule has 0 saturated carbocycles. The zero-order valence-corrected chi connectivity index (χ0v) is 10.9. The van der Waals surface area contributed by atoms with Crippen LogP contribution < -0.4 is 10.5 Å². The van der Waals surface area contributed by atoms with E-state index in [-0.39, 0.29) is 24.8 Å². The minimum Gasteiger partial charge on any atom is -0.439 e. The van der Waals surface area contributed by atoms with E-state index in [9.17, 15) is 13.2 Å². The number of hydrogen-bond acceptors (Lipinski definition) is 4. The van der Waals surface area contributed by atoms with Crippen molar-refractivity contribution in [2.75, 3.05) is 0 Å². The molecular weight excluding hydrogens is 285 g/mol. The molecule has 0 fully saturated rings. The van der Waals surface area contributed by atoms with Gasteiger partial charge < -0.3 is 15.6 Å². The molecule has 0 unspecified atom stereocenters. The lowest BCUT2D eigenvalue weighted by molar-refractivity contribution is -0.141. The molecule has 1 aromatic carbocycles. The van der Waals surface area contributed by atoms with Gasteiger partial charge in [-0.2, -0.15) is 13.2 Å². The number of hydrogen-bond donors (Lipinski definition) is 2. The van der Waals surface area contributed by atoms with Crippen molar-refractivity contribution in [1.82, 2.24) is 4.98 Å². The second kappa shape index (κ2) is 6.11. The Morgan fingerprint density at radius 3 is 2.57 bits per heavy atom. The number of ether oxygens (including phenoxy) is 1. The molecule has 0 atom stereocenters. The van der Waals surface area contributed by atoms with Crippen molar-refractivity contribution in [2.45, 2.75) is 19.3 Å². The highest BCUT2D eigenvalue weighted by Crippen LogP contribution is 2.31. The zero-order chi connectivity index (χ0) is 15.5. The summed E-state index contributed by atoms with van der Waals surface area (Å²) in [5.41, 5.74) is 5.37. The molecule has 21 heavy (non-hydrogen) atoms. The lowest BCUT2D eigenvalue weighted by atomic mass is 10.2. The zero-order valence-electron chi connectivity index (χ0n) is 10.9. The Balaban J connectivity index is 2.37. The monoisotopic (exact) mass is 298 g/mol. The van der Waals surface area contributed by atoms with Crippen LogP contribution in [0.1, 0.15) is 16.8 Å². The fourth-order valence-corrected chi connectivity index (χ4v) is 1.69. The summed E-state index contributed by atoms with van der Waals surface area (Å²) in [6.07, 6.45) is -4.56. The van der Waals surface area contributed by atoms with Crippen molar-refractivity contribution >= 4 is 0 Å². The first-order valence-corrected chi connectivity index (χ1v) is 6.09. The van der Waals surface area contributed by atoms with E-state index in [4.69, 9.17) is 15.6 Å². The second-order valence-corrected chi connectivity index (χ2v) is 4.27. The molecule has 2 aromatic rings. The smallest absolute Gasteiger partial charge is 0.433 e. The number of aliphatic hydroxyl groups is 1. The maximum Gasteiger partial charge on any atom is 0.433 e. The molecule has 3 N–H and O–H groups in total. The largest absolute Gasteiger partial charge is 0.439 e. The Hall–Kier alpha value is -2.12. The predicted molar refractivity (Wildman–Crippen MR) is 69.6 cm³/mol. The predicted octanol–water partition coefficient (Wildman–Crippen LogP) is 2.84. The van der Waals surface area contributed by atoms with Crippen LogP contribution in [0, 0.1) is 0 Å². The van der Waals surface area contributed by atoms with Gasteiger partial charge in [-0.15, -0.1) is 0 Å². The van der Waals surface area contributed by atoms with E-state index >= 15 is 0 Å². The fourth-order valence-electron chi connectivity index (χ4n) is 1.69. The van der Waals surface area contributed by atoms with Crippen LogP contribution in [0.25, 0.3) is 0 Å². The van der Waals surface area contributed by atoms with Crippen molar-refractivity contribution in [2.24, 2.45) is 5.73 Å². The Labute approximate surface area is 119 Å². The molecule has 2 rings (SSSR count). The summed E-state index contributed by atoms with van der Waals surface area (Å²) in [6.45, 7) is -0.197. The molecule has 0 saturated heterocycles. The molecule has 0 aliphatic carbocycles. The number of aliphatic hydroxyl groups excluding tert-OH is 1. The lowest BCUT2D eigenvalue weighted by Gasteiger charge is -2.12. The lowest BCUT2D eigenvalue weighted by Crippen LogP contribution is -2.10. The number of halogens is 3. The number of pyridine rings is 1. The van der Waals surface area contributed by atoms with E-state index in [1.807, 2.05) is 0 Å². The van der Waals surface area contributed by atoms with Crippen LogP contribution in [0.2, 0.25) is 0 Å². The average molecular weight is 298 g/mol. The Kier molecular flexibility index (Phi) is 4.44. The summed E-state index contributed by atoms with van der Waals surface area (Å²) >= 11 is 0. The number of benzene rings is 1. The average Bonchev–Trinajstić information content (AvgIpc) is 2.46. The van der Waals surface area contributed by atoms with Gasteiger partial charge in [0, 0.05) is 12.1 Å². The van der Waals surface area contributed by atoms with E-state index in [1.54, 1.807) is 18.2 Å². The van der Waals surface area contributed by atoms with Crippen LogP contribution in [0.15, 0.2) is 36.4 Å². The molecule has 0 aliphatic heterocycles. The highest BCUT2D eigenvalue weighted by atomic mass is 19.4. The van der Waals surface area contributed by atoms with Crippen LogP contribution in [0.3, 0.4) is 0 Å². The van der Waals surface area contributed by atoms with Gasteiger partial charge in [0.25, 0.3) is 0 Å². The third-order valence-electron chi connectivity index (χ3n) is 2.74. The molecule has 0 radical (unpaired) electrons. The molecular formula is C14H13F3N2O2. The minimum absolute atomic E-state index is 0.000160. The van der Waals surface area contributed by atoms with Crippen LogP contribution in [-0.2, 0) is 19.3 Å². The van der Waals surface area contributed by atoms with Gasteiger partial charge >= 0.3 is 6.18 Å². The van der Waals surface area contributed by atoms with Gasteiger partial charge in [-0.25, -0.2) is 4.98 Å². The van der Waals surface area contributed by atoms with Crippen LogP contribution in [-0.4, -0.2) is 10.1 Å². The quantitative estimate of drug-likeness (QED) is 0.910. The first kappa shape index (κ1) is 15.3. The van der Waals surface area contributed by atoms with Crippen molar-refractivity contribution < 1.29 is 23.0 Å². The number of aromatic nitrogens is 1. The molecule has 0 spiro atoms. The molecule has 0 amide bonds. The van der Waals surface area contributed by atoms with E-state index in [2.05, 4.69) is 4.98 Å². The Morgan fingerprint density at radius 1 is 1.19 bits per heavy atom. The summed E-state index contributed by atoms with van der Waals surface area (Å²) in [4.78, 5) is 3.48. The highest BCUT2D eigenvalue weighted by Gasteiger charge is 2.33.